The van der Waals surface area contributed by atoms with Gasteiger partial charge < -0.3 is 0 Å². The molecule has 286 valence electrons. The van der Waals surface area contributed by atoms with Crippen molar-refractivity contribution in [3.05, 3.63) is 224 Å². The molecule has 3 nitrogen and oxygen atoms in total. The Bertz CT molecular complexity index is 3210. The normalized spacial score (nSPS) is 11.3. The minimum Gasteiger partial charge on any atom is -0.247 e. The number of hydrogen-bond acceptors (Lipinski definition) is 4. The van der Waals surface area contributed by atoms with E-state index in [1.165, 1.54) is 37.2 Å². The fourth-order valence-corrected chi connectivity index (χ4v) is 9.63. The molecule has 0 saturated heterocycles. The lowest BCUT2D eigenvalue weighted by molar-refractivity contribution is 1.18. The van der Waals surface area contributed by atoms with Crippen molar-refractivity contribution in [2.45, 2.75) is 0 Å². The van der Waals surface area contributed by atoms with Gasteiger partial charge >= 0.3 is 0 Å². The molecule has 0 aliphatic carbocycles. The number of rotatable bonds is 8. The van der Waals surface area contributed by atoms with Gasteiger partial charge in [-0.2, -0.15) is 0 Å². The van der Waals surface area contributed by atoms with E-state index in [1.54, 1.807) is 0 Å². The zero-order valence-electron chi connectivity index (χ0n) is 33.1. The average Bonchev–Trinajstić information content (AvgIpc) is 3.76. The van der Waals surface area contributed by atoms with Gasteiger partial charge in [0.05, 0.1) is 22.6 Å². The van der Waals surface area contributed by atoms with Crippen molar-refractivity contribution in [2.75, 3.05) is 0 Å². The molecule has 11 aromatic rings. The maximum atomic E-state index is 5.34. The van der Waals surface area contributed by atoms with Crippen LogP contribution in [0.4, 0.5) is 0 Å². The molecule has 61 heavy (non-hydrogen) atoms. The van der Waals surface area contributed by atoms with Gasteiger partial charge in [0.1, 0.15) is 0 Å². The monoisotopic (exact) mass is 795 g/mol. The van der Waals surface area contributed by atoms with E-state index in [9.17, 15) is 0 Å². The minimum atomic E-state index is 0.682. The highest BCUT2D eigenvalue weighted by Crippen LogP contribution is 2.50. The topological polar surface area (TPSA) is 38.7 Å². The summed E-state index contributed by atoms with van der Waals surface area (Å²) in [6.45, 7) is 0. The Hall–Kier alpha value is -7.79. The Kier molecular flexibility index (Phi) is 9.38. The van der Waals surface area contributed by atoms with E-state index in [2.05, 4.69) is 212 Å². The smallest absolute Gasteiger partial charge is 0.160 e. The number of pyridine rings is 1. The number of aromatic nitrogens is 3. The van der Waals surface area contributed by atoms with E-state index < -0.39 is 0 Å². The summed E-state index contributed by atoms with van der Waals surface area (Å²) in [5.41, 5.74) is 16.0. The molecule has 3 aromatic heterocycles. The predicted octanol–water partition coefficient (Wildman–Crippen LogP) is 15.6. The van der Waals surface area contributed by atoms with Gasteiger partial charge in [-0.05, 0) is 51.6 Å². The SMILES string of the molecule is c1ccc(-c2ccc(-c3cc(-c4cccc(-c5sc6c(c(-c7ccccc7)nc7ccccc76)c5-c5ccccc5)c4)nc(-c4ccc(-c5ccccc5)cc4)n3)cc2)cc1. The third kappa shape index (κ3) is 6.99. The summed E-state index contributed by atoms with van der Waals surface area (Å²) in [6.07, 6.45) is 0. The van der Waals surface area contributed by atoms with Crippen LogP contribution in [0, 0.1) is 0 Å². The first-order chi connectivity index (χ1) is 30.2. The van der Waals surface area contributed by atoms with Crippen LogP contribution >= 0.6 is 11.3 Å². The molecule has 0 radical (unpaired) electrons. The van der Waals surface area contributed by atoms with Crippen LogP contribution < -0.4 is 0 Å². The first-order valence-corrected chi connectivity index (χ1v) is 21.3. The van der Waals surface area contributed by atoms with Crippen molar-refractivity contribution in [1.29, 1.82) is 0 Å². The van der Waals surface area contributed by atoms with Gasteiger partial charge in [0, 0.05) is 48.2 Å². The van der Waals surface area contributed by atoms with Crippen molar-refractivity contribution >= 4 is 32.3 Å². The van der Waals surface area contributed by atoms with Gasteiger partial charge in [-0.15, -0.1) is 11.3 Å². The Labute approximate surface area is 359 Å². The Morgan fingerprint density at radius 1 is 0.311 bits per heavy atom. The summed E-state index contributed by atoms with van der Waals surface area (Å²) in [5.74, 6) is 0.682. The molecule has 11 rings (SSSR count). The molecule has 3 heterocycles. The largest absolute Gasteiger partial charge is 0.247 e. The van der Waals surface area contributed by atoms with Crippen molar-refractivity contribution in [1.82, 2.24) is 15.0 Å². The first kappa shape index (κ1) is 36.3. The fraction of sp³-hybridized carbons (Fsp3) is 0. The molecule has 0 aliphatic rings. The second kappa shape index (κ2) is 15.8. The Morgan fingerprint density at radius 2 is 0.770 bits per heavy atom. The van der Waals surface area contributed by atoms with Crippen molar-refractivity contribution < 1.29 is 0 Å². The van der Waals surface area contributed by atoms with Crippen LogP contribution in [0.3, 0.4) is 0 Å². The second-order valence-electron chi connectivity index (χ2n) is 15.1. The van der Waals surface area contributed by atoms with E-state index in [-0.39, 0.29) is 0 Å². The zero-order valence-corrected chi connectivity index (χ0v) is 33.9. The molecule has 0 amide bonds. The third-order valence-corrected chi connectivity index (χ3v) is 12.6. The van der Waals surface area contributed by atoms with E-state index in [1.807, 2.05) is 23.5 Å². The molecule has 4 heteroatoms. The van der Waals surface area contributed by atoms with Gasteiger partial charge in [0.2, 0.25) is 0 Å². The number of thiophene rings is 1. The lowest BCUT2D eigenvalue weighted by Gasteiger charge is -2.12. The summed E-state index contributed by atoms with van der Waals surface area (Å²) in [5, 5.41) is 2.33. The standard InChI is InChI=1S/C57H37N3S/c1-5-16-38(17-6-1)40-28-32-42(33-29-40)50-37-51(60-57(59-50)45-34-30-41(31-35-45)39-18-7-2-8-19-39)46-24-15-25-47(36-46)55-52(43-20-9-3-10-21-43)53-54(44-22-11-4-12-23-44)58-49-27-14-13-26-48(49)56(53)61-55/h1-37H. The zero-order chi connectivity index (χ0) is 40.5. The van der Waals surface area contributed by atoms with Crippen LogP contribution in [0.15, 0.2) is 224 Å². The van der Waals surface area contributed by atoms with E-state index in [0.29, 0.717) is 5.82 Å². The highest BCUT2D eigenvalue weighted by Gasteiger charge is 2.23. The quantitative estimate of drug-likeness (QED) is 0.154. The van der Waals surface area contributed by atoms with Crippen molar-refractivity contribution in [3.8, 4) is 89.0 Å². The lowest BCUT2D eigenvalue weighted by atomic mass is 9.94. The lowest BCUT2D eigenvalue weighted by Crippen LogP contribution is -1.96. The Morgan fingerprint density at radius 3 is 1.39 bits per heavy atom. The molecule has 0 bridgehead atoms. The summed E-state index contributed by atoms with van der Waals surface area (Å²) in [4.78, 5) is 17.1. The fourth-order valence-electron chi connectivity index (χ4n) is 8.27. The van der Waals surface area contributed by atoms with Crippen molar-refractivity contribution in [3.63, 3.8) is 0 Å². The van der Waals surface area contributed by atoms with Gasteiger partial charge in [0.25, 0.3) is 0 Å². The summed E-state index contributed by atoms with van der Waals surface area (Å²) < 4.78 is 1.23. The maximum absolute atomic E-state index is 5.34. The molecule has 0 saturated carbocycles. The average molecular weight is 796 g/mol. The van der Waals surface area contributed by atoms with E-state index in [0.717, 1.165) is 66.9 Å². The van der Waals surface area contributed by atoms with Crippen LogP contribution in [0.2, 0.25) is 0 Å². The summed E-state index contributed by atoms with van der Waals surface area (Å²) in [7, 11) is 0. The number of fused-ring (bicyclic) bond motifs is 3. The van der Waals surface area contributed by atoms with Gasteiger partial charge in [0.15, 0.2) is 5.82 Å². The number of para-hydroxylation sites is 1. The van der Waals surface area contributed by atoms with E-state index >= 15 is 0 Å². The minimum absolute atomic E-state index is 0.682. The first-order valence-electron chi connectivity index (χ1n) is 20.5. The molecule has 0 spiro atoms. The molecular weight excluding hydrogens is 759 g/mol. The van der Waals surface area contributed by atoms with Gasteiger partial charge in [-0.3, -0.25) is 0 Å². The summed E-state index contributed by atoms with van der Waals surface area (Å²) >= 11 is 1.84. The highest BCUT2D eigenvalue weighted by atomic mass is 32.1. The van der Waals surface area contributed by atoms with E-state index in [4.69, 9.17) is 15.0 Å². The number of benzene rings is 8. The third-order valence-electron chi connectivity index (χ3n) is 11.3. The summed E-state index contributed by atoms with van der Waals surface area (Å²) in [6, 6.07) is 79.0. The van der Waals surface area contributed by atoms with Gasteiger partial charge in [-0.25, -0.2) is 15.0 Å². The Balaban J connectivity index is 1.09. The molecule has 0 N–H and O–H groups in total. The van der Waals surface area contributed by atoms with Crippen molar-refractivity contribution in [2.24, 2.45) is 0 Å². The van der Waals surface area contributed by atoms with Gasteiger partial charge in [-0.1, -0.05) is 206 Å². The van der Waals surface area contributed by atoms with Crippen LogP contribution in [-0.4, -0.2) is 15.0 Å². The second-order valence-corrected chi connectivity index (χ2v) is 16.2. The number of nitrogens with zero attached hydrogens (tertiary/aromatic N) is 3. The van der Waals surface area contributed by atoms with Crippen LogP contribution in [-0.2, 0) is 0 Å². The maximum Gasteiger partial charge on any atom is 0.160 e. The number of hydrogen-bond donors (Lipinski definition) is 0. The molecule has 8 aromatic carbocycles. The van der Waals surface area contributed by atoms with Crippen LogP contribution in [0.25, 0.3) is 110 Å². The molecule has 0 aliphatic heterocycles. The molecule has 0 fully saturated rings. The van der Waals surface area contributed by atoms with Crippen LogP contribution in [0.5, 0.6) is 0 Å². The molecule has 0 atom stereocenters. The van der Waals surface area contributed by atoms with Crippen LogP contribution in [0.1, 0.15) is 0 Å². The molecular formula is C57H37N3S. The molecule has 0 unspecified atom stereocenters. The predicted molar refractivity (Wildman–Crippen MR) is 256 cm³/mol. The highest BCUT2D eigenvalue weighted by molar-refractivity contribution is 7.24.